The highest BCUT2D eigenvalue weighted by Gasteiger charge is 2.06. The van der Waals surface area contributed by atoms with Crippen molar-refractivity contribution in [2.24, 2.45) is 0 Å². The molecule has 0 bridgehead atoms. The van der Waals surface area contributed by atoms with Crippen LogP contribution in [0.5, 0.6) is 5.75 Å². The molecule has 20 heavy (non-hydrogen) atoms. The first-order valence-corrected chi connectivity index (χ1v) is 8.50. The lowest BCUT2D eigenvalue weighted by Crippen LogP contribution is -2.18. The molecule has 1 aromatic carbocycles. The van der Waals surface area contributed by atoms with E-state index < -0.39 is 0 Å². The predicted octanol–water partition coefficient (Wildman–Crippen LogP) is 3.17. The summed E-state index contributed by atoms with van der Waals surface area (Å²) in [7, 11) is 1.72. The third kappa shape index (κ3) is 6.16. The number of rotatable bonds is 10. The number of hydrogen-bond acceptors (Lipinski definition) is 4. The number of ether oxygens (including phenoxy) is 2. The lowest BCUT2D eigenvalue weighted by molar-refractivity contribution is 0.199. The molecule has 0 aliphatic heterocycles. The Balaban J connectivity index is 2.52. The molecule has 0 saturated carbocycles. The monoisotopic (exact) mass is 297 g/mol. The fourth-order valence-corrected chi connectivity index (χ4v) is 2.56. The largest absolute Gasteiger partial charge is 0.493 e. The minimum absolute atomic E-state index is 0.745. The molecule has 0 aliphatic carbocycles. The van der Waals surface area contributed by atoms with Crippen LogP contribution in [0.3, 0.4) is 0 Å². The van der Waals surface area contributed by atoms with E-state index in [2.05, 4.69) is 37.6 Å². The van der Waals surface area contributed by atoms with Crippen molar-refractivity contribution in [3.8, 4) is 5.75 Å². The Bertz CT molecular complexity index is 373. The number of thioether (sulfide) groups is 1. The van der Waals surface area contributed by atoms with Crippen LogP contribution in [0.25, 0.3) is 0 Å². The molecule has 1 N–H and O–H groups in total. The fraction of sp³-hybridized carbons (Fsp3) is 0.625. The van der Waals surface area contributed by atoms with E-state index in [1.54, 1.807) is 7.11 Å². The zero-order chi connectivity index (χ0) is 14.8. The minimum Gasteiger partial charge on any atom is -0.493 e. The number of benzene rings is 1. The molecular weight excluding hydrogens is 270 g/mol. The summed E-state index contributed by atoms with van der Waals surface area (Å²) in [4.78, 5) is 0. The third-order valence-corrected chi connectivity index (χ3v) is 3.77. The molecule has 0 atom stereocenters. The molecule has 4 heteroatoms. The van der Waals surface area contributed by atoms with Gasteiger partial charge in [-0.25, -0.2) is 0 Å². The van der Waals surface area contributed by atoms with Crippen molar-refractivity contribution in [3.63, 3.8) is 0 Å². The summed E-state index contributed by atoms with van der Waals surface area (Å²) in [5.74, 6) is 2.20. The summed E-state index contributed by atoms with van der Waals surface area (Å²) in [6.07, 6.45) is 3.22. The standard InChI is InChI=1S/C16H27NO2S/c1-13-10-15(12-17-6-8-18-3)11-14(2)16(13)19-7-5-9-20-4/h10-11,17H,5-9,12H2,1-4H3. The van der Waals surface area contributed by atoms with Crippen LogP contribution in [0.1, 0.15) is 23.1 Å². The average Bonchev–Trinajstić information content (AvgIpc) is 2.42. The first kappa shape index (κ1) is 17.3. The van der Waals surface area contributed by atoms with E-state index in [0.29, 0.717) is 0 Å². The quantitative estimate of drug-likeness (QED) is 0.672. The fourth-order valence-electron chi connectivity index (χ4n) is 2.15. The Labute approximate surface area is 127 Å². The smallest absolute Gasteiger partial charge is 0.125 e. The Morgan fingerprint density at radius 1 is 1.15 bits per heavy atom. The van der Waals surface area contributed by atoms with Crippen molar-refractivity contribution < 1.29 is 9.47 Å². The van der Waals surface area contributed by atoms with Crippen LogP contribution in [-0.2, 0) is 11.3 Å². The second-order valence-corrected chi connectivity index (χ2v) is 5.91. The van der Waals surface area contributed by atoms with Gasteiger partial charge in [-0.2, -0.15) is 11.8 Å². The predicted molar refractivity (Wildman–Crippen MR) is 88.0 cm³/mol. The van der Waals surface area contributed by atoms with Crippen LogP contribution in [0, 0.1) is 13.8 Å². The maximum absolute atomic E-state index is 5.91. The summed E-state index contributed by atoms with van der Waals surface area (Å²) in [5.41, 5.74) is 3.74. The first-order valence-electron chi connectivity index (χ1n) is 7.10. The first-order chi connectivity index (χ1) is 9.69. The second-order valence-electron chi connectivity index (χ2n) is 4.92. The molecule has 1 rings (SSSR count). The molecule has 0 saturated heterocycles. The third-order valence-electron chi connectivity index (χ3n) is 3.07. The Kier molecular flexibility index (Phi) is 8.74. The number of aryl methyl sites for hydroxylation is 2. The van der Waals surface area contributed by atoms with Crippen molar-refractivity contribution in [1.29, 1.82) is 0 Å². The Morgan fingerprint density at radius 3 is 2.45 bits per heavy atom. The highest BCUT2D eigenvalue weighted by Crippen LogP contribution is 2.25. The van der Waals surface area contributed by atoms with Gasteiger partial charge in [-0.15, -0.1) is 0 Å². The molecule has 0 radical (unpaired) electrons. The highest BCUT2D eigenvalue weighted by molar-refractivity contribution is 7.98. The van der Waals surface area contributed by atoms with Gasteiger partial charge in [0, 0.05) is 20.2 Å². The molecule has 0 fully saturated rings. The van der Waals surface area contributed by atoms with E-state index in [-0.39, 0.29) is 0 Å². The van der Waals surface area contributed by atoms with E-state index in [1.807, 2.05) is 11.8 Å². The van der Waals surface area contributed by atoms with Crippen molar-refractivity contribution in [1.82, 2.24) is 5.32 Å². The zero-order valence-corrected chi connectivity index (χ0v) is 13.9. The number of hydrogen-bond donors (Lipinski definition) is 1. The molecule has 0 aliphatic rings. The van der Waals surface area contributed by atoms with Gasteiger partial charge in [-0.3, -0.25) is 0 Å². The Hall–Kier alpha value is -0.710. The van der Waals surface area contributed by atoms with Gasteiger partial charge in [-0.05, 0) is 49.0 Å². The van der Waals surface area contributed by atoms with Gasteiger partial charge in [-0.1, -0.05) is 12.1 Å². The average molecular weight is 297 g/mol. The van der Waals surface area contributed by atoms with Gasteiger partial charge >= 0.3 is 0 Å². The molecule has 0 unspecified atom stereocenters. The van der Waals surface area contributed by atoms with Gasteiger partial charge in [0.15, 0.2) is 0 Å². The summed E-state index contributed by atoms with van der Waals surface area (Å²) in [5, 5.41) is 3.37. The van der Waals surface area contributed by atoms with Crippen LogP contribution in [0.2, 0.25) is 0 Å². The molecule has 0 spiro atoms. The van der Waals surface area contributed by atoms with E-state index in [9.17, 15) is 0 Å². The highest BCUT2D eigenvalue weighted by atomic mass is 32.2. The SMILES string of the molecule is COCCNCc1cc(C)c(OCCCSC)c(C)c1. The van der Waals surface area contributed by atoms with Crippen molar-refractivity contribution >= 4 is 11.8 Å². The molecule has 114 valence electrons. The van der Waals surface area contributed by atoms with E-state index >= 15 is 0 Å². The van der Waals surface area contributed by atoms with Crippen LogP contribution >= 0.6 is 11.8 Å². The Morgan fingerprint density at radius 2 is 1.85 bits per heavy atom. The van der Waals surface area contributed by atoms with Crippen molar-refractivity contribution in [3.05, 3.63) is 28.8 Å². The maximum atomic E-state index is 5.91. The lowest BCUT2D eigenvalue weighted by Gasteiger charge is -2.14. The summed E-state index contributed by atoms with van der Waals surface area (Å²) >= 11 is 1.86. The topological polar surface area (TPSA) is 30.5 Å². The van der Waals surface area contributed by atoms with Gasteiger partial charge in [0.25, 0.3) is 0 Å². The van der Waals surface area contributed by atoms with Gasteiger partial charge < -0.3 is 14.8 Å². The number of nitrogens with one attached hydrogen (secondary N) is 1. The van der Waals surface area contributed by atoms with Crippen LogP contribution < -0.4 is 10.1 Å². The number of methoxy groups -OCH3 is 1. The molecule has 3 nitrogen and oxygen atoms in total. The van der Waals surface area contributed by atoms with Gasteiger partial charge in [0.1, 0.15) is 5.75 Å². The van der Waals surface area contributed by atoms with Crippen LogP contribution in [0.15, 0.2) is 12.1 Å². The normalized spacial score (nSPS) is 10.8. The molecule has 0 aromatic heterocycles. The van der Waals surface area contributed by atoms with Gasteiger partial charge in [0.05, 0.1) is 13.2 Å². The van der Waals surface area contributed by atoms with Crippen LogP contribution in [-0.4, -0.2) is 38.9 Å². The van der Waals surface area contributed by atoms with E-state index in [1.165, 1.54) is 16.7 Å². The van der Waals surface area contributed by atoms with Gasteiger partial charge in [0.2, 0.25) is 0 Å². The molecule has 0 amide bonds. The summed E-state index contributed by atoms with van der Waals surface area (Å²) in [6, 6.07) is 4.41. The maximum Gasteiger partial charge on any atom is 0.125 e. The van der Waals surface area contributed by atoms with Crippen LogP contribution in [0.4, 0.5) is 0 Å². The van der Waals surface area contributed by atoms with Crippen molar-refractivity contribution in [2.45, 2.75) is 26.8 Å². The second kappa shape index (κ2) is 10.1. The van der Waals surface area contributed by atoms with Crippen molar-refractivity contribution in [2.75, 3.05) is 38.9 Å². The van der Waals surface area contributed by atoms with E-state index in [0.717, 1.165) is 44.2 Å². The summed E-state index contributed by atoms with van der Waals surface area (Å²) in [6.45, 7) is 7.53. The lowest BCUT2D eigenvalue weighted by atomic mass is 10.1. The van der Waals surface area contributed by atoms with E-state index in [4.69, 9.17) is 9.47 Å². The molecular formula is C16H27NO2S. The molecule has 1 aromatic rings. The zero-order valence-electron chi connectivity index (χ0n) is 13.1. The minimum atomic E-state index is 0.745. The summed E-state index contributed by atoms with van der Waals surface area (Å²) < 4.78 is 10.9. The molecule has 0 heterocycles.